The van der Waals surface area contributed by atoms with Crippen LogP contribution in [0.5, 0.6) is 11.5 Å². The van der Waals surface area contributed by atoms with Crippen molar-refractivity contribution in [3.05, 3.63) is 23.8 Å². The van der Waals surface area contributed by atoms with Crippen molar-refractivity contribution in [3.63, 3.8) is 0 Å². The van der Waals surface area contributed by atoms with Crippen molar-refractivity contribution in [1.29, 1.82) is 0 Å². The number of hydrogen-bond acceptors (Lipinski definition) is 4. The first-order chi connectivity index (χ1) is 8.19. The molecule has 0 aromatic heterocycles. The second-order valence-electron chi connectivity index (χ2n) is 4.43. The summed E-state index contributed by atoms with van der Waals surface area (Å²) in [5.41, 5.74) is 6.87. The summed E-state index contributed by atoms with van der Waals surface area (Å²) >= 11 is 0. The van der Waals surface area contributed by atoms with Crippen molar-refractivity contribution >= 4 is 12.4 Å². The molecule has 5 heteroatoms. The summed E-state index contributed by atoms with van der Waals surface area (Å²) in [6.07, 6.45) is 1.57. The zero-order chi connectivity index (χ0) is 12.4. The molecule has 1 fully saturated rings. The van der Waals surface area contributed by atoms with Gasteiger partial charge >= 0.3 is 0 Å². The van der Waals surface area contributed by atoms with E-state index < -0.39 is 12.1 Å². The lowest BCUT2D eigenvalue weighted by atomic mass is 9.97. The van der Waals surface area contributed by atoms with Crippen LogP contribution in [0.4, 0.5) is 0 Å². The number of rotatable bonds is 5. The normalized spacial score (nSPS) is 17.6. The maximum atomic E-state index is 10.1. The average molecular weight is 274 g/mol. The quantitative estimate of drug-likeness (QED) is 0.860. The van der Waals surface area contributed by atoms with Gasteiger partial charge in [0.05, 0.1) is 31.9 Å². The summed E-state index contributed by atoms with van der Waals surface area (Å²) in [7, 11) is 3.18. The molecule has 0 saturated heterocycles. The highest BCUT2D eigenvalue weighted by atomic mass is 35.5. The van der Waals surface area contributed by atoms with Crippen molar-refractivity contribution in [2.45, 2.75) is 25.0 Å². The van der Waals surface area contributed by atoms with Crippen molar-refractivity contribution in [3.8, 4) is 11.5 Å². The first kappa shape index (κ1) is 15.1. The Morgan fingerprint density at radius 2 is 1.72 bits per heavy atom. The van der Waals surface area contributed by atoms with Gasteiger partial charge in [0.1, 0.15) is 11.5 Å². The lowest BCUT2D eigenvalue weighted by Crippen LogP contribution is -2.28. The molecule has 2 atom stereocenters. The second-order valence-corrected chi connectivity index (χ2v) is 4.43. The van der Waals surface area contributed by atoms with Gasteiger partial charge in [-0.05, 0) is 30.9 Å². The van der Waals surface area contributed by atoms with E-state index in [0.717, 1.165) is 18.4 Å². The zero-order valence-electron chi connectivity index (χ0n) is 10.6. The van der Waals surface area contributed by atoms with E-state index in [0.29, 0.717) is 17.4 Å². The van der Waals surface area contributed by atoms with Gasteiger partial charge in [0.25, 0.3) is 0 Å². The molecule has 0 amide bonds. The molecule has 0 bridgehead atoms. The smallest absolute Gasteiger partial charge is 0.127 e. The molecular formula is C13H20ClNO3. The Morgan fingerprint density at radius 3 is 2.11 bits per heavy atom. The van der Waals surface area contributed by atoms with E-state index in [1.54, 1.807) is 14.2 Å². The molecule has 1 aromatic rings. The molecule has 0 spiro atoms. The van der Waals surface area contributed by atoms with Crippen molar-refractivity contribution in [1.82, 2.24) is 0 Å². The highest BCUT2D eigenvalue weighted by Crippen LogP contribution is 2.41. The van der Waals surface area contributed by atoms with Crippen LogP contribution in [0.2, 0.25) is 0 Å². The monoisotopic (exact) mass is 273 g/mol. The molecule has 1 aliphatic rings. The fourth-order valence-corrected chi connectivity index (χ4v) is 2.11. The van der Waals surface area contributed by atoms with Crippen LogP contribution in [0.15, 0.2) is 18.2 Å². The lowest BCUT2D eigenvalue weighted by molar-refractivity contribution is 0.120. The molecule has 0 radical (unpaired) electrons. The molecule has 1 saturated carbocycles. The van der Waals surface area contributed by atoms with Crippen molar-refractivity contribution in [2.24, 2.45) is 11.7 Å². The Balaban J connectivity index is 0.00000162. The summed E-state index contributed by atoms with van der Waals surface area (Å²) < 4.78 is 10.6. The third-order valence-electron chi connectivity index (χ3n) is 3.27. The van der Waals surface area contributed by atoms with Gasteiger partial charge in [-0.2, -0.15) is 0 Å². The van der Waals surface area contributed by atoms with Crippen LogP contribution in [-0.4, -0.2) is 25.4 Å². The highest BCUT2D eigenvalue weighted by molar-refractivity contribution is 5.85. The third-order valence-corrected chi connectivity index (χ3v) is 3.27. The first-order valence-electron chi connectivity index (χ1n) is 5.83. The number of aliphatic hydroxyl groups is 1. The van der Waals surface area contributed by atoms with Crippen LogP contribution in [0.3, 0.4) is 0 Å². The van der Waals surface area contributed by atoms with E-state index >= 15 is 0 Å². The molecule has 1 aliphatic carbocycles. The zero-order valence-corrected chi connectivity index (χ0v) is 11.4. The van der Waals surface area contributed by atoms with Gasteiger partial charge in [-0.25, -0.2) is 0 Å². The molecule has 18 heavy (non-hydrogen) atoms. The van der Waals surface area contributed by atoms with Crippen LogP contribution < -0.4 is 15.2 Å². The molecular weight excluding hydrogens is 254 g/mol. The van der Waals surface area contributed by atoms with Gasteiger partial charge in [-0.3, -0.25) is 0 Å². The Bertz CT molecular complexity index is 374. The molecule has 3 N–H and O–H groups in total. The average Bonchev–Trinajstić information content (AvgIpc) is 3.20. The van der Waals surface area contributed by atoms with Crippen LogP contribution >= 0.6 is 12.4 Å². The van der Waals surface area contributed by atoms with Crippen LogP contribution in [0.25, 0.3) is 0 Å². The molecule has 0 unspecified atom stereocenters. The number of ether oxygens (including phenoxy) is 2. The van der Waals surface area contributed by atoms with E-state index in [9.17, 15) is 5.11 Å². The van der Waals surface area contributed by atoms with Crippen LogP contribution in [0.1, 0.15) is 24.4 Å². The number of benzene rings is 1. The van der Waals surface area contributed by atoms with Gasteiger partial charge in [-0.15, -0.1) is 12.4 Å². The van der Waals surface area contributed by atoms with Gasteiger partial charge in [-0.1, -0.05) is 6.07 Å². The van der Waals surface area contributed by atoms with Gasteiger partial charge in [0.2, 0.25) is 0 Å². The lowest BCUT2D eigenvalue weighted by Gasteiger charge is -2.23. The minimum Gasteiger partial charge on any atom is -0.496 e. The van der Waals surface area contributed by atoms with Crippen LogP contribution in [0, 0.1) is 5.92 Å². The Hall–Kier alpha value is -0.970. The Kier molecular flexibility index (Phi) is 5.26. The van der Waals surface area contributed by atoms with E-state index in [1.807, 2.05) is 18.2 Å². The van der Waals surface area contributed by atoms with Crippen molar-refractivity contribution < 1.29 is 14.6 Å². The number of methoxy groups -OCH3 is 2. The summed E-state index contributed by atoms with van der Waals surface area (Å²) in [6.45, 7) is 0. The van der Waals surface area contributed by atoms with Crippen LogP contribution in [-0.2, 0) is 0 Å². The maximum absolute atomic E-state index is 10.1. The number of nitrogens with two attached hydrogens (primary N) is 1. The van der Waals surface area contributed by atoms with E-state index in [-0.39, 0.29) is 12.4 Å². The standard InChI is InChI=1S/C13H19NO3.ClH/c1-16-9-4-3-5-10(17-2)11(9)12(14)13(15)8-6-7-8;/h3-5,8,12-13,15H,6-7,14H2,1-2H3;1H/t12-,13+;/m0./s1. The molecule has 0 aliphatic heterocycles. The maximum Gasteiger partial charge on any atom is 0.127 e. The number of hydrogen-bond donors (Lipinski definition) is 2. The minimum atomic E-state index is -0.528. The minimum absolute atomic E-state index is 0. The van der Waals surface area contributed by atoms with E-state index in [4.69, 9.17) is 15.2 Å². The van der Waals surface area contributed by atoms with Crippen molar-refractivity contribution in [2.75, 3.05) is 14.2 Å². The molecule has 0 heterocycles. The number of aliphatic hydroxyl groups excluding tert-OH is 1. The van der Waals surface area contributed by atoms with Gasteiger partial charge in [0, 0.05) is 0 Å². The molecule has 102 valence electrons. The van der Waals surface area contributed by atoms with E-state index in [1.165, 1.54) is 0 Å². The van der Waals surface area contributed by atoms with Gasteiger partial charge in [0.15, 0.2) is 0 Å². The summed E-state index contributed by atoms with van der Waals surface area (Å²) in [5, 5.41) is 10.1. The number of halogens is 1. The second kappa shape index (κ2) is 6.27. The topological polar surface area (TPSA) is 64.7 Å². The predicted octanol–water partition coefficient (Wildman–Crippen LogP) is 1.90. The van der Waals surface area contributed by atoms with E-state index in [2.05, 4.69) is 0 Å². The largest absolute Gasteiger partial charge is 0.496 e. The molecule has 1 aromatic carbocycles. The predicted molar refractivity (Wildman–Crippen MR) is 72.5 cm³/mol. The molecule has 2 rings (SSSR count). The first-order valence-corrected chi connectivity index (χ1v) is 5.83. The summed E-state index contributed by atoms with van der Waals surface area (Å²) in [6, 6.07) is 5.04. The fourth-order valence-electron chi connectivity index (χ4n) is 2.11. The fraction of sp³-hybridized carbons (Fsp3) is 0.538. The SMILES string of the molecule is COc1cccc(OC)c1[C@H](N)[C@H](O)C1CC1.Cl. The summed E-state index contributed by atoms with van der Waals surface area (Å²) in [5.74, 6) is 1.65. The molecule has 4 nitrogen and oxygen atoms in total. The Morgan fingerprint density at radius 1 is 1.22 bits per heavy atom. The third kappa shape index (κ3) is 2.88. The summed E-state index contributed by atoms with van der Waals surface area (Å²) in [4.78, 5) is 0. The highest BCUT2D eigenvalue weighted by Gasteiger charge is 2.36. The Labute approximate surface area is 113 Å². The van der Waals surface area contributed by atoms with Gasteiger partial charge < -0.3 is 20.3 Å².